The molecule has 5 rings (SSSR count). The van der Waals surface area contributed by atoms with E-state index in [4.69, 9.17) is 10.2 Å². The number of sulfonamides is 8. The second kappa shape index (κ2) is 63.0. The van der Waals surface area contributed by atoms with E-state index in [0.29, 0.717) is 49.6 Å². The number of rotatable bonds is 28. The molecule has 121 heavy (non-hydrogen) atoms. The molecule has 0 spiro atoms. The summed E-state index contributed by atoms with van der Waals surface area (Å²) in [6.45, 7) is 55.2. The van der Waals surface area contributed by atoms with Crippen molar-refractivity contribution in [2.75, 3.05) is 101 Å². The fourth-order valence-electron chi connectivity index (χ4n) is 8.75. The van der Waals surface area contributed by atoms with Gasteiger partial charge in [-0.25, -0.2) is 111 Å². The number of nitrogens with one attached hydrogen (secondary N) is 1. The molecule has 1 aromatic carbocycles. The Labute approximate surface area is 740 Å². The Morgan fingerprint density at radius 2 is 0.810 bits per heavy atom. The number of aliphatic hydroxyl groups is 2. The number of nitrogens with zero attached hydrogens (tertiary/aromatic N) is 8. The Morgan fingerprint density at radius 3 is 0.975 bits per heavy atom. The average molecular weight is 1930 g/mol. The van der Waals surface area contributed by atoms with E-state index in [0.717, 1.165) is 57.3 Å². The first-order valence-electron chi connectivity index (χ1n) is 40.8. The third kappa shape index (κ3) is 52.9. The van der Waals surface area contributed by atoms with Crippen LogP contribution in [0.2, 0.25) is 0 Å². The van der Waals surface area contributed by atoms with E-state index < -0.39 is 105 Å². The normalized spacial score (nSPS) is 15.6. The van der Waals surface area contributed by atoms with Crippen molar-refractivity contribution in [3.8, 4) is 0 Å². The molecule has 2 aliphatic heterocycles. The lowest BCUT2D eigenvalue weighted by Crippen LogP contribution is -2.41. The molecule has 33 nitrogen and oxygen atoms in total. The van der Waals surface area contributed by atoms with Gasteiger partial charge in [-0.15, -0.1) is 0 Å². The molecule has 1 amide bonds. The number of carbonyl (C=O) groups excluding carboxylic acids is 1. The summed E-state index contributed by atoms with van der Waals surface area (Å²) in [6.07, 6.45) is 8.40. The molecule has 0 radical (unpaired) electrons. The highest BCUT2D eigenvalue weighted by Crippen LogP contribution is 2.29. The molecular weight excluding hydrogens is 1770 g/mol. The second-order valence-corrected chi connectivity index (χ2v) is 56.5. The predicted molar refractivity (Wildman–Crippen MR) is 502 cm³/mol. The van der Waals surface area contributed by atoms with Crippen LogP contribution in [0.5, 0.6) is 0 Å². The molecule has 2 saturated heterocycles. The lowest BCUT2D eigenvalue weighted by molar-refractivity contribution is -0.134. The number of nitrogens with two attached hydrogens (primary N) is 1. The minimum absolute atomic E-state index is 0. The lowest BCUT2D eigenvalue weighted by atomic mass is 10.1. The minimum Gasteiger partial charge on any atom is -0.395 e. The summed E-state index contributed by atoms with van der Waals surface area (Å²) in [5.41, 5.74) is 1.16. The molecule has 3 heterocycles. The maximum absolute atomic E-state index is 11.7. The van der Waals surface area contributed by atoms with Gasteiger partial charge in [-0.2, -0.15) is 8.61 Å². The third-order valence-electron chi connectivity index (χ3n) is 18.2. The molecule has 3 fully saturated rings. The Morgan fingerprint density at radius 1 is 0.463 bits per heavy atom. The molecular formula is C78H168N10O23S10. The van der Waals surface area contributed by atoms with Gasteiger partial charge in [-0.1, -0.05) is 80.2 Å². The monoisotopic (exact) mass is 1930 g/mol. The van der Waals surface area contributed by atoms with Gasteiger partial charge in [-0.05, 0) is 228 Å². The standard InChI is InChI=1S/C9H12O2S.2C8H17NO3S.C8H17NO.C8H11N.C7H15NO2S.C7H17NO2S.C6H15NO2S.C5H13NO2S.C4H11NO2S.C4H10O2S.C3H9NO2S.CH4/c1-8(2)12(10,11)9-6-4-3-5-7-9;2*1-7(2)13(11,12)9-5-3-4-8(9)6-10;1-5-9(6-2)8(10)7(3)4;1-7(2)8-5-3-4-6-9-8;1-6(2)11(9,10)8(3)7-4-5-7;1-5-8(6-2)11(9,10)7(3)4;1-5-7(4)10(8,9)6(2)3;1-5(2)9(7,8)6(3)4;1-4(2)8(6,7)5-3;1-4(2)7(3,5)6;1-3(2)7(4,5)6;/h3-8H,1-2H3;2*7-8,10H,3-6H2,1-2H3;7H,5-6H2,1-4H3;3-7H,1-2H3;6-7H,4-5H2,1-3H3;7H,5-6H2,1-4H3;6H,5H2,1-4H3;5H,1-4H3;4-5H,1-3H3;4H,1-3H3;3H,1-2H3,(H2,4,5,6);1H4/t;2*8-;;;;;;;;;;/m.10........../s1. The second-order valence-electron chi connectivity index (χ2n) is 31.6. The smallest absolute Gasteiger partial charge is 0.225 e. The Hall–Kier alpha value is -3.06. The lowest BCUT2D eigenvalue weighted by Gasteiger charge is -2.24. The Balaban J connectivity index is -0.000000193. The van der Waals surface area contributed by atoms with Gasteiger partial charge in [0.25, 0.3) is 0 Å². The largest absolute Gasteiger partial charge is 0.395 e. The SMILES string of the molecule is C.CC(C)S(=O)(=O)N(C)C.CC(C)S(=O)(=O)N(C)C1CC1.CC(C)S(=O)(=O)N1CCC[C@@H]1CO.CC(C)S(=O)(=O)N1CCC[C@H]1CO.CC(C)S(=O)(=O)c1ccccc1.CC(C)S(C)(=O)=O.CC(C)S(N)(=O)=O.CC(C)c1ccccn1.CCN(C)S(=O)(=O)C(C)C.CCN(CC)C(=O)C(C)C.CCN(CC)S(=O)(=O)C(C)C.CNS(=O)(=O)C(C)C. The van der Waals surface area contributed by atoms with E-state index in [1.54, 1.807) is 169 Å². The van der Waals surface area contributed by atoms with Crippen LogP contribution >= 0.6 is 0 Å². The molecule has 3 aliphatic rings. The van der Waals surface area contributed by atoms with Crippen LogP contribution < -0.4 is 9.86 Å². The zero-order valence-electron chi connectivity index (χ0n) is 79.2. The highest BCUT2D eigenvalue weighted by Gasteiger charge is 2.38. The first-order chi connectivity index (χ1) is 54.1. The molecule has 0 unspecified atom stereocenters. The number of pyridine rings is 1. The number of primary sulfonamides is 1. The number of aliphatic hydroxyl groups excluding tert-OH is 2. The average Bonchev–Trinajstić information content (AvgIpc) is 1.68. The number of hydrogen-bond acceptors (Lipinski definition) is 24. The van der Waals surface area contributed by atoms with Gasteiger partial charge in [0, 0.05) is 116 Å². The van der Waals surface area contributed by atoms with E-state index in [-0.39, 0.29) is 91.8 Å². The summed E-state index contributed by atoms with van der Waals surface area (Å²) in [5, 5.41) is 19.3. The van der Waals surface area contributed by atoms with E-state index in [1.165, 1.54) is 67.1 Å². The summed E-state index contributed by atoms with van der Waals surface area (Å²) >= 11 is 0. The zero-order valence-corrected chi connectivity index (χ0v) is 87.3. The quantitative estimate of drug-likeness (QED) is 0.0615. The van der Waals surface area contributed by atoms with E-state index in [9.17, 15) is 89.0 Å². The number of hydrogen-bond donors (Lipinski definition) is 4. The molecule has 5 N–H and O–H groups in total. The van der Waals surface area contributed by atoms with E-state index in [2.05, 4.69) is 28.7 Å². The van der Waals surface area contributed by atoms with Gasteiger partial charge >= 0.3 is 0 Å². The Kier molecular flexibility index (Phi) is 69.5. The third-order valence-corrected chi connectivity index (χ3v) is 39.1. The summed E-state index contributed by atoms with van der Waals surface area (Å²) in [7, 11) is -22.6. The van der Waals surface area contributed by atoms with Gasteiger partial charge in [-0.3, -0.25) is 9.78 Å². The number of benzene rings is 1. The number of carbonyl (C=O) groups is 1. The molecule has 728 valence electrons. The number of aromatic nitrogens is 1. The van der Waals surface area contributed by atoms with Crippen molar-refractivity contribution in [2.45, 2.75) is 328 Å². The van der Waals surface area contributed by atoms with Crippen molar-refractivity contribution in [3.63, 3.8) is 0 Å². The maximum atomic E-state index is 11.7. The predicted octanol–water partition coefficient (Wildman–Crippen LogP) is 9.50. The molecule has 1 aliphatic carbocycles. The Bertz CT molecular complexity index is 4140. The van der Waals surface area contributed by atoms with Crippen molar-refractivity contribution < 1.29 is 99.2 Å². The number of sulfone groups is 2. The summed E-state index contributed by atoms with van der Waals surface area (Å²) in [6, 6.07) is 14.4. The topological polar surface area (TPSA) is 473 Å². The highest BCUT2D eigenvalue weighted by molar-refractivity contribution is 7.93. The van der Waals surface area contributed by atoms with E-state index in [1.807, 2.05) is 77.8 Å². The molecule has 2 aromatic rings. The molecule has 0 bridgehead atoms. The summed E-state index contributed by atoms with van der Waals surface area (Å²) in [5.74, 6) is 0.941. The van der Waals surface area contributed by atoms with E-state index >= 15 is 0 Å². The molecule has 43 heteroatoms. The van der Waals surface area contributed by atoms with Crippen LogP contribution in [-0.4, -0.2) is 307 Å². The molecule has 1 aromatic heterocycles. The van der Waals surface area contributed by atoms with Gasteiger partial charge in [0.05, 0.1) is 70.6 Å². The van der Waals surface area contributed by atoms with Gasteiger partial charge < -0.3 is 15.1 Å². The first kappa shape index (κ1) is 133. The fraction of sp³-hybridized carbons (Fsp3) is 0.846. The summed E-state index contributed by atoms with van der Waals surface area (Å²) < 4.78 is 233. The molecule has 1 saturated carbocycles. The van der Waals surface area contributed by atoms with Crippen LogP contribution in [0.25, 0.3) is 0 Å². The van der Waals surface area contributed by atoms with Crippen LogP contribution in [0.15, 0.2) is 59.6 Å². The van der Waals surface area contributed by atoms with Crippen LogP contribution in [0.4, 0.5) is 0 Å². The highest BCUT2D eigenvalue weighted by atomic mass is 32.2. The van der Waals surface area contributed by atoms with Crippen LogP contribution in [-0.2, 0) is 105 Å². The van der Waals surface area contributed by atoms with Crippen LogP contribution in [0, 0.1) is 5.92 Å². The maximum Gasteiger partial charge on any atom is 0.225 e. The fourth-order valence-corrected chi connectivity index (χ4v) is 17.9. The first-order valence-corrected chi connectivity index (χ1v) is 56.5. The van der Waals surface area contributed by atoms with Gasteiger partial charge in [0.2, 0.25) is 86.1 Å². The van der Waals surface area contributed by atoms with Crippen molar-refractivity contribution >= 4 is 106 Å². The van der Waals surface area contributed by atoms with Gasteiger partial charge in [0.15, 0.2) is 9.84 Å². The van der Waals surface area contributed by atoms with Crippen molar-refractivity contribution in [2.24, 2.45) is 11.1 Å². The zero-order chi connectivity index (χ0) is 96.8. The van der Waals surface area contributed by atoms with Crippen molar-refractivity contribution in [1.82, 2.24) is 40.4 Å². The van der Waals surface area contributed by atoms with Crippen LogP contribution in [0.1, 0.15) is 258 Å². The molecule has 2 atom stereocenters. The van der Waals surface area contributed by atoms with Gasteiger partial charge in [0.1, 0.15) is 9.84 Å². The van der Waals surface area contributed by atoms with Crippen molar-refractivity contribution in [1.29, 1.82) is 0 Å². The van der Waals surface area contributed by atoms with Crippen LogP contribution in [0.3, 0.4) is 0 Å². The number of amides is 1. The summed E-state index contributed by atoms with van der Waals surface area (Å²) in [4.78, 5) is 17.7. The van der Waals surface area contributed by atoms with Crippen molar-refractivity contribution in [3.05, 3.63) is 60.4 Å². The minimum atomic E-state index is -3.24.